The van der Waals surface area contributed by atoms with Crippen molar-refractivity contribution in [3.8, 4) is 11.3 Å². The Hall–Kier alpha value is -2.69. The van der Waals surface area contributed by atoms with Crippen molar-refractivity contribution in [2.24, 2.45) is 0 Å². The van der Waals surface area contributed by atoms with Gasteiger partial charge in [-0.1, -0.05) is 28.9 Å². The molecule has 0 saturated heterocycles. The second-order valence-electron chi connectivity index (χ2n) is 4.53. The zero-order chi connectivity index (χ0) is 12.8. The number of fused-ring (bicyclic) bond motifs is 3. The third-order valence-electron chi connectivity index (χ3n) is 3.21. The van der Waals surface area contributed by atoms with Crippen LogP contribution < -0.4 is 0 Å². The molecule has 0 amide bonds. The zero-order valence-corrected chi connectivity index (χ0v) is 10.2. The molecule has 0 fully saturated rings. The van der Waals surface area contributed by atoms with E-state index in [1.165, 1.54) is 5.56 Å². The number of hydrogen-bond donors (Lipinski definition) is 1. The summed E-state index contributed by atoms with van der Waals surface area (Å²) in [6, 6.07) is 8.16. The van der Waals surface area contributed by atoms with Gasteiger partial charge in [-0.3, -0.25) is 5.10 Å². The Balaban J connectivity index is 2.05. The van der Waals surface area contributed by atoms with Gasteiger partial charge in [0.25, 0.3) is 0 Å². The molecule has 0 aliphatic heterocycles. The Morgan fingerprint density at radius 1 is 1.16 bits per heavy atom. The van der Waals surface area contributed by atoms with Crippen LogP contribution in [0.3, 0.4) is 0 Å². The molecule has 92 valence electrons. The van der Waals surface area contributed by atoms with Crippen LogP contribution in [0.25, 0.3) is 33.3 Å². The van der Waals surface area contributed by atoms with Crippen LogP contribution in [0, 0.1) is 6.92 Å². The number of H-pyrrole nitrogens is 1. The molecule has 3 aromatic heterocycles. The quantitative estimate of drug-likeness (QED) is 0.563. The third-order valence-corrected chi connectivity index (χ3v) is 3.21. The molecule has 0 aliphatic carbocycles. The van der Waals surface area contributed by atoms with Gasteiger partial charge in [-0.2, -0.15) is 5.10 Å². The first-order valence-corrected chi connectivity index (χ1v) is 5.97. The first-order valence-electron chi connectivity index (χ1n) is 5.97. The van der Waals surface area contributed by atoms with E-state index in [0.717, 1.165) is 27.6 Å². The summed E-state index contributed by atoms with van der Waals surface area (Å²) in [6.45, 7) is 2.05. The molecule has 4 aromatic rings. The predicted octanol–water partition coefficient (Wildman–Crippen LogP) is 3.07. The Morgan fingerprint density at radius 2 is 2.11 bits per heavy atom. The number of benzene rings is 1. The summed E-state index contributed by atoms with van der Waals surface area (Å²) in [4.78, 5) is 4.33. The number of hydrogen-bond acceptors (Lipinski definition) is 4. The van der Waals surface area contributed by atoms with Gasteiger partial charge in [0, 0.05) is 11.8 Å². The number of nitrogens with zero attached hydrogens (tertiary/aromatic N) is 3. The highest BCUT2D eigenvalue weighted by Crippen LogP contribution is 2.31. The van der Waals surface area contributed by atoms with E-state index in [1.807, 2.05) is 12.1 Å². The maximum Gasteiger partial charge on any atom is 0.181 e. The largest absolute Gasteiger partial charge is 0.355 e. The monoisotopic (exact) mass is 250 g/mol. The highest BCUT2D eigenvalue weighted by Gasteiger charge is 2.14. The summed E-state index contributed by atoms with van der Waals surface area (Å²) in [5.74, 6) is 0. The van der Waals surface area contributed by atoms with Gasteiger partial charge < -0.3 is 4.52 Å². The predicted molar refractivity (Wildman–Crippen MR) is 71.6 cm³/mol. The molecule has 0 saturated carbocycles. The standard InChI is InChI=1S/C14H10N4O/c1-8-3-2-4-9(5-8)12-10-6-15-14-11(7-16-17-14)13(10)19-18-12/h2-7H,1H3,(H,15,16,17). The molecule has 0 radical (unpaired) electrons. The SMILES string of the molecule is Cc1cccc(-c2noc3c2cnc2[nH]ncc23)c1. The molecule has 4 rings (SSSR count). The average molecular weight is 250 g/mol. The number of aromatic amines is 1. The van der Waals surface area contributed by atoms with E-state index in [2.05, 4.69) is 39.4 Å². The lowest BCUT2D eigenvalue weighted by Crippen LogP contribution is -1.81. The van der Waals surface area contributed by atoms with Crippen molar-refractivity contribution in [2.45, 2.75) is 6.92 Å². The number of pyridine rings is 1. The number of rotatable bonds is 1. The molecule has 0 spiro atoms. The highest BCUT2D eigenvalue weighted by atomic mass is 16.5. The first-order chi connectivity index (χ1) is 9.33. The van der Waals surface area contributed by atoms with Gasteiger partial charge >= 0.3 is 0 Å². The van der Waals surface area contributed by atoms with Gasteiger partial charge in [0.15, 0.2) is 11.2 Å². The van der Waals surface area contributed by atoms with Crippen LogP contribution in [-0.2, 0) is 0 Å². The second kappa shape index (κ2) is 3.65. The molecule has 5 nitrogen and oxygen atoms in total. The van der Waals surface area contributed by atoms with Crippen molar-refractivity contribution in [3.05, 3.63) is 42.2 Å². The summed E-state index contributed by atoms with van der Waals surface area (Å²) in [7, 11) is 0. The van der Waals surface area contributed by atoms with Gasteiger partial charge in [-0.05, 0) is 13.0 Å². The maximum absolute atomic E-state index is 5.46. The van der Waals surface area contributed by atoms with E-state index in [9.17, 15) is 0 Å². The molecule has 1 N–H and O–H groups in total. The molecule has 0 aliphatic rings. The lowest BCUT2D eigenvalue weighted by atomic mass is 10.1. The topological polar surface area (TPSA) is 67.6 Å². The molecule has 0 bridgehead atoms. The third kappa shape index (κ3) is 1.45. The zero-order valence-electron chi connectivity index (χ0n) is 10.2. The van der Waals surface area contributed by atoms with Gasteiger partial charge in [-0.15, -0.1) is 0 Å². The van der Waals surface area contributed by atoms with Crippen LogP contribution in [-0.4, -0.2) is 20.3 Å². The van der Waals surface area contributed by atoms with E-state index in [-0.39, 0.29) is 0 Å². The van der Waals surface area contributed by atoms with Crippen LogP contribution in [0.4, 0.5) is 0 Å². The van der Waals surface area contributed by atoms with Crippen molar-refractivity contribution in [3.63, 3.8) is 0 Å². The smallest absolute Gasteiger partial charge is 0.181 e. The fourth-order valence-corrected chi connectivity index (χ4v) is 2.28. The Morgan fingerprint density at radius 3 is 3.00 bits per heavy atom. The fourth-order valence-electron chi connectivity index (χ4n) is 2.28. The second-order valence-corrected chi connectivity index (χ2v) is 4.53. The molecule has 19 heavy (non-hydrogen) atoms. The van der Waals surface area contributed by atoms with Crippen LogP contribution in [0.15, 0.2) is 41.2 Å². The van der Waals surface area contributed by atoms with Gasteiger partial charge in [0.05, 0.1) is 17.0 Å². The minimum absolute atomic E-state index is 0.708. The van der Waals surface area contributed by atoms with E-state index in [0.29, 0.717) is 5.65 Å². The van der Waals surface area contributed by atoms with E-state index in [1.54, 1.807) is 12.4 Å². The number of aromatic nitrogens is 4. The molecule has 0 atom stereocenters. The first kappa shape index (κ1) is 10.3. The maximum atomic E-state index is 5.46. The Bertz CT molecular complexity index is 891. The summed E-state index contributed by atoms with van der Waals surface area (Å²) < 4.78 is 5.46. The molecule has 1 aromatic carbocycles. The molecule has 0 unspecified atom stereocenters. The lowest BCUT2D eigenvalue weighted by molar-refractivity contribution is 0.461. The summed E-state index contributed by atoms with van der Waals surface area (Å²) in [5, 5.41) is 12.7. The highest BCUT2D eigenvalue weighted by molar-refractivity contribution is 6.05. The molecular formula is C14H10N4O. The van der Waals surface area contributed by atoms with Crippen LogP contribution in [0.5, 0.6) is 0 Å². The summed E-state index contributed by atoms with van der Waals surface area (Å²) in [5.41, 5.74) is 4.46. The number of nitrogens with one attached hydrogen (secondary N) is 1. The lowest BCUT2D eigenvalue weighted by Gasteiger charge is -1.98. The van der Waals surface area contributed by atoms with Gasteiger partial charge in [-0.25, -0.2) is 4.98 Å². The van der Waals surface area contributed by atoms with Crippen molar-refractivity contribution >= 4 is 22.0 Å². The van der Waals surface area contributed by atoms with Crippen LogP contribution in [0.2, 0.25) is 0 Å². The molecule has 3 heterocycles. The summed E-state index contributed by atoms with van der Waals surface area (Å²) >= 11 is 0. The minimum atomic E-state index is 0.708. The van der Waals surface area contributed by atoms with Crippen molar-refractivity contribution in [2.75, 3.05) is 0 Å². The Kier molecular flexibility index (Phi) is 1.97. The van der Waals surface area contributed by atoms with Crippen molar-refractivity contribution < 1.29 is 4.52 Å². The molecular weight excluding hydrogens is 240 g/mol. The Labute approximate surface area is 108 Å². The number of aryl methyl sites for hydroxylation is 1. The van der Waals surface area contributed by atoms with E-state index < -0.39 is 0 Å². The van der Waals surface area contributed by atoms with Gasteiger partial charge in [0.2, 0.25) is 0 Å². The van der Waals surface area contributed by atoms with E-state index in [4.69, 9.17) is 4.52 Å². The van der Waals surface area contributed by atoms with Gasteiger partial charge in [0.1, 0.15) is 5.69 Å². The molecule has 5 heteroatoms. The average Bonchev–Trinajstić information content (AvgIpc) is 3.04. The normalized spacial score (nSPS) is 11.4. The van der Waals surface area contributed by atoms with Crippen LogP contribution >= 0.6 is 0 Å². The summed E-state index contributed by atoms with van der Waals surface area (Å²) in [6.07, 6.45) is 3.47. The van der Waals surface area contributed by atoms with E-state index >= 15 is 0 Å². The fraction of sp³-hybridized carbons (Fsp3) is 0.0714. The van der Waals surface area contributed by atoms with Crippen molar-refractivity contribution in [1.82, 2.24) is 20.3 Å². The minimum Gasteiger partial charge on any atom is -0.355 e. The van der Waals surface area contributed by atoms with Crippen molar-refractivity contribution in [1.29, 1.82) is 0 Å². The van der Waals surface area contributed by atoms with Crippen LogP contribution in [0.1, 0.15) is 5.56 Å².